The lowest BCUT2D eigenvalue weighted by atomic mass is 9.94. The average Bonchev–Trinajstić information content (AvgIpc) is 3.04. The molecule has 4 rings (SSSR count). The maximum absolute atomic E-state index is 14.8. The largest absolute Gasteiger partial charge is 0.507 e. The second-order valence-corrected chi connectivity index (χ2v) is 7.21. The Hall–Kier alpha value is -3.93. The molecule has 31 heavy (non-hydrogen) atoms. The van der Waals surface area contributed by atoms with Gasteiger partial charge in [0, 0.05) is 16.8 Å². The highest BCUT2D eigenvalue weighted by atomic mass is 19.1. The number of aliphatic hydroxyl groups is 1. The molecule has 0 bridgehead atoms. The van der Waals surface area contributed by atoms with Crippen molar-refractivity contribution in [3.63, 3.8) is 0 Å². The number of benzene rings is 3. The summed E-state index contributed by atoms with van der Waals surface area (Å²) in [7, 11) is 1.53. The van der Waals surface area contributed by atoms with Gasteiger partial charge in [-0.15, -0.1) is 0 Å². The second kappa shape index (κ2) is 8.07. The minimum absolute atomic E-state index is 0.123. The maximum atomic E-state index is 14.8. The third kappa shape index (κ3) is 3.46. The second-order valence-electron chi connectivity index (χ2n) is 7.21. The van der Waals surface area contributed by atoms with E-state index in [1.165, 1.54) is 30.2 Å². The van der Waals surface area contributed by atoms with Crippen LogP contribution in [0.3, 0.4) is 0 Å². The van der Waals surface area contributed by atoms with Crippen LogP contribution in [-0.4, -0.2) is 23.9 Å². The average molecular weight is 417 g/mol. The summed E-state index contributed by atoms with van der Waals surface area (Å²) >= 11 is 0. The van der Waals surface area contributed by atoms with Gasteiger partial charge in [0.1, 0.15) is 17.3 Å². The van der Waals surface area contributed by atoms with Gasteiger partial charge in [-0.05, 0) is 48.9 Å². The third-order valence-electron chi connectivity index (χ3n) is 5.35. The van der Waals surface area contributed by atoms with E-state index in [4.69, 9.17) is 4.74 Å². The van der Waals surface area contributed by atoms with Crippen LogP contribution in [0.4, 0.5) is 10.1 Å². The van der Waals surface area contributed by atoms with Gasteiger partial charge in [0.05, 0.1) is 18.7 Å². The standard InChI is InChI=1S/C25H20FNO4/c1-15-14-16(12-13-20(15)31-2)23(28)21-22(18-10-6-7-11-19(18)26)27(25(30)24(21)29)17-8-4-3-5-9-17/h3-14,22,28H,1-2H3/b23-21+. The molecule has 5 nitrogen and oxygen atoms in total. The van der Waals surface area contributed by atoms with E-state index in [9.17, 15) is 19.1 Å². The molecule has 0 saturated carbocycles. The first-order valence-corrected chi connectivity index (χ1v) is 9.69. The summed E-state index contributed by atoms with van der Waals surface area (Å²) in [5.74, 6) is -2.02. The number of ketones is 1. The molecule has 0 radical (unpaired) electrons. The summed E-state index contributed by atoms with van der Waals surface area (Å²) in [6.07, 6.45) is 0. The smallest absolute Gasteiger partial charge is 0.300 e. The Kier molecular flexibility index (Phi) is 5.29. The van der Waals surface area contributed by atoms with Crippen LogP contribution in [0.25, 0.3) is 5.76 Å². The number of ether oxygens (including phenoxy) is 1. The molecule has 1 N–H and O–H groups in total. The van der Waals surface area contributed by atoms with Crippen LogP contribution in [-0.2, 0) is 9.59 Å². The zero-order valence-corrected chi connectivity index (χ0v) is 17.0. The molecule has 1 aliphatic heterocycles. The predicted molar refractivity (Wildman–Crippen MR) is 115 cm³/mol. The molecular weight excluding hydrogens is 397 g/mol. The molecule has 1 fully saturated rings. The fourth-order valence-corrected chi connectivity index (χ4v) is 3.86. The Morgan fingerprint density at radius 1 is 1.00 bits per heavy atom. The lowest BCUT2D eigenvalue weighted by Gasteiger charge is -2.25. The van der Waals surface area contributed by atoms with Crippen molar-refractivity contribution in [3.8, 4) is 5.75 Å². The summed E-state index contributed by atoms with van der Waals surface area (Å²) < 4.78 is 20.1. The van der Waals surface area contributed by atoms with Gasteiger partial charge in [-0.2, -0.15) is 0 Å². The van der Waals surface area contributed by atoms with E-state index in [2.05, 4.69) is 0 Å². The molecular formula is C25H20FNO4. The number of carbonyl (C=O) groups is 2. The van der Waals surface area contributed by atoms with Gasteiger partial charge in [0.15, 0.2) is 0 Å². The van der Waals surface area contributed by atoms with E-state index < -0.39 is 23.5 Å². The molecule has 1 amide bonds. The quantitative estimate of drug-likeness (QED) is 0.377. The Morgan fingerprint density at radius 2 is 1.68 bits per heavy atom. The molecule has 6 heteroatoms. The number of nitrogens with zero attached hydrogens (tertiary/aromatic N) is 1. The first-order chi connectivity index (χ1) is 14.9. The number of carbonyl (C=O) groups excluding carboxylic acids is 2. The normalized spacial score (nSPS) is 17.8. The Bertz CT molecular complexity index is 1200. The number of methoxy groups -OCH3 is 1. The molecule has 3 aromatic carbocycles. The van der Waals surface area contributed by atoms with Crippen LogP contribution < -0.4 is 9.64 Å². The van der Waals surface area contributed by atoms with Crippen molar-refractivity contribution in [1.29, 1.82) is 0 Å². The van der Waals surface area contributed by atoms with Crippen LogP contribution in [0.2, 0.25) is 0 Å². The number of hydrogen-bond donors (Lipinski definition) is 1. The maximum Gasteiger partial charge on any atom is 0.300 e. The van der Waals surface area contributed by atoms with Gasteiger partial charge in [-0.3, -0.25) is 14.5 Å². The SMILES string of the molecule is COc1ccc(/C(O)=C2\C(=O)C(=O)N(c3ccccc3)C2c2ccccc2F)cc1C. The number of para-hydroxylation sites is 1. The van der Waals surface area contributed by atoms with Crippen LogP contribution in [0.5, 0.6) is 5.75 Å². The van der Waals surface area contributed by atoms with Crippen molar-refractivity contribution in [3.05, 3.63) is 101 Å². The molecule has 0 aromatic heterocycles. The fourth-order valence-electron chi connectivity index (χ4n) is 3.86. The molecule has 156 valence electrons. The van der Waals surface area contributed by atoms with Crippen LogP contribution in [0.1, 0.15) is 22.7 Å². The van der Waals surface area contributed by atoms with Crippen LogP contribution in [0.15, 0.2) is 78.4 Å². The van der Waals surface area contributed by atoms with Gasteiger partial charge >= 0.3 is 0 Å². The minimum Gasteiger partial charge on any atom is -0.507 e. The van der Waals surface area contributed by atoms with Crippen molar-refractivity contribution in [2.45, 2.75) is 13.0 Å². The molecule has 0 spiro atoms. The summed E-state index contributed by atoms with van der Waals surface area (Å²) in [4.78, 5) is 27.3. The lowest BCUT2D eigenvalue weighted by molar-refractivity contribution is -0.132. The monoisotopic (exact) mass is 417 g/mol. The van der Waals surface area contributed by atoms with E-state index in [1.807, 2.05) is 0 Å². The van der Waals surface area contributed by atoms with Crippen molar-refractivity contribution in [1.82, 2.24) is 0 Å². The molecule has 1 aliphatic rings. The highest BCUT2D eigenvalue weighted by molar-refractivity contribution is 6.51. The molecule has 0 aliphatic carbocycles. The Labute approximate surface area is 179 Å². The molecule has 1 unspecified atom stereocenters. The number of hydrogen-bond acceptors (Lipinski definition) is 4. The van der Waals surface area contributed by atoms with Gasteiger partial charge in [-0.1, -0.05) is 36.4 Å². The van der Waals surface area contributed by atoms with Crippen molar-refractivity contribution < 1.29 is 23.8 Å². The van der Waals surface area contributed by atoms with E-state index in [-0.39, 0.29) is 16.9 Å². The first kappa shape index (κ1) is 20.3. The topological polar surface area (TPSA) is 66.8 Å². The number of rotatable bonds is 4. The zero-order valence-electron chi connectivity index (χ0n) is 17.0. The molecule has 1 atom stereocenters. The zero-order chi connectivity index (χ0) is 22.1. The lowest BCUT2D eigenvalue weighted by Crippen LogP contribution is -2.29. The van der Waals surface area contributed by atoms with E-state index in [0.29, 0.717) is 17.0 Å². The molecule has 1 saturated heterocycles. The van der Waals surface area contributed by atoms with E-state index in [1.54, 1.807) is 61.5 Å². The van der Waals surface area contributed by atoms with Gasteiger partial charge in [0.2, 0.25) is 0 Å². The summed E-state index contributed by atoms with van der Waals surface area (Å²) in [6.45, 7) is 1.80. The predicted octanol–water partition coefficient (Wildman–Crippen LogP) is 4.77. The molecule has 3 aromatic rings. The van der Waals surface area contributed by atoms with Crippen molar-refractivity contribution >= 4 is 23.1 Å². The van der Waals surface area contributed by atoms with E-state index in [0.717, 1.165) is 5.56 Å². The van der Waals surface area contributed by atoms with Crippen molar-refractivity contribution in [2.75, 3.05) is 12.0 Å². The summed E-state index contributed by atoms with van der Waals surface area (Å²) in [6, 6.07) is 18.3. The summed E-state index contributed by atoms with van der Waals surface area (Å²) in [5, 5.41) is 11.1. The highest BCUT2D eigenvalue weighted by Gasteiger charge is 2.47. The van der Waals surface area contributed by atoms with Gasteiger partial charge < -0.3 is 9.84 Å². The Balaban J connectivity index is 1.96. The number of Topliss-reactive ketones (excluding diaryl/α,β-unsaturated/α-hetero) is 1. The number of aryl methyl sites for hydroxylation is 1. The number of halogens is 1. The number of aliphatic hydroxyl groups excluding tert-OH is 1. The van der Waals surface area contributed by atoms with Crippen molar-refractivity contribution in [2.24, 2.45) is 0 Å². The first-order valence-electron chi connectivity index (χ1n) is 9.69. The fraction of sp³-hybridized carbons (Fsp3) is 0.120. The molecule has 1 heterocycles. The van der Waals surface area contributed by atoms with E-state index >= 15 is 0 Å². The van der Waals surface area contributed by atoms with Gasteiger partial charge in [0.25, 0.3) is 11.7 Å². The number of amides is 1. The van der Waals surface area contributed by atoms with Crippen LogP contribution >= 0.6 is 0 Å². The Morgan fingerprint density at radius 3 is 2.32 bits per heavy atom. The highest BCUT2D eigenvalue weighted by Crippen LogP contribution is 2.43. The minimum atomic E-state index is -1.11. The third-order valence-corrected chi connectivity index (χ3v) is 5.35. The summed E-state index contributed by atoms with van der Waals surface area (Å²) in [5.41, 5.74) is 1.47. The van der Waals surface area contributed by atoms with Gasteiger partial charge in [-0.25, -0.2) is 4.39 Å². The van der Waals surface area contributed by atoms with Crippen LogP contribution in [0, 0.1) is 12.7 Å². The number of anilines is 1.